The largest absolute Gasteiger partial charge is 0.459 e. The highest BCUT2D eigenvalue weighted by Gasteiger charge is 2.39. The molecule has 1 aliphatic carbocycles. The number of esters is 1. The second kappa shape index (κ2) is 15.0. The van der Waals surface area contributed by atoms with Gasteiger partial charge in [0, 0.05) is 34.3 Å². The molecule has 0 radical (unpaired) electrons. The van der Waals surface area contributed by atoms with E-state index in [-0.39, 0.29) is 18.5 Å². The molecule has 7 nitrogen and oxygen atoms in total. The molecular weight excluding hydrogens is 573 g/mol. The number of aliphatic hydroxyl groups excluding tert-OH is 3. The topological polar surface area (TPSA) is 107 Å². The minimum atomic E-state index is -1.55. The molecule has 2 atom stereocenters. The fraction of sp³-hybridized carbons (Fsp3) is 0.600. The number of rotatable bonds is 14. The number of carbonyl (C=O) groups is 2. The van der Waals surface area contributed by atoms with Crippen LogP contribution in [-0.4, -0.2) is 76.0 Å². The fourth-order valence-electron chi connectivity index (χ4n) is 5.59. The van der Waals surface area contributed by atoms with Crippen molar-refractivity contribution in [3.05, 3.63) is 44.1 Å². The van der Waals surface area contributed by atoms with Gasteiger partial charge in [-0.15, -0.1) is 22.9 Å². The Bertz CT molecular complexity index is 1170. The van der Waals surface area contributed by atoms with Crippen LogP contribution in [0.5, 0.6) is 0 Å². The molecule has 3 N–H and O–H groups in total. The Morgan fingerprint density at radius 2 is 1.88 bits per heavy atom. The lowest BCUT2D eigenvalue weighted by Crippen LogP contribution is -2.60. The lowest BCUT2D eigenvalue weighted by Gasteiger charge is -2.40. The van der Waals surface area contributed by atoms with Crippen LogP contribution in [0.25, 0.3) is 11.1 Å². The van der Waals surface area contributed by atoms with E-state index in [2.05, 4.69) is 13.0 Å². The van der Waals surface area contributed by atoms with Gasteiger partial charge >= 0.3 is 5.97 Å². The highest BCUT2D eigenvalue weighted by Crippen LogP contribution is 2.41. The molecule has 40 heavy (non-hydrogen) atoms. The Morgan fingerprint density at radius 1 is 1.15 bits per heavy atom. The lowest BCUT2D eigenvalue weighted by atomic mass is 9.91. The van der Waals surface area contributed by atoms with Crippen LogP contribution in [-0.2, 0) is 22.4 Å². The molecule has 0 spiro atoms. The summed E-state index contributed by atoms with van der Waals surface area (Å²) in [4.78, 5) is 28.0. The number of aliphatic hydroxyl groups is 3. The molecule has 10 heteroatoms. The Kier molecular flexibility index (Phi) is 12.3. The molecule has 222 valence electrons. The minimum absolute atomic E-state index is 0.112. The first-order valence-electron chi connectivity index (χ1n) is 13.9. The van der Waals surface area contributed by atoms with Crippen molar-refractivity contribution < 1.29 is 29.6 Å². The van der Waals surface area contributed by atoms with Crippen LogP contribution in [0.4, 0.5) is 0 Å². The number of benzene rings is 1. The minimum Gasteiger partial charge on any atom is -0.459 e. The summed E-state index contributed by atoms with van der Waals surface area (Å²) in [6.07, 6.45) is 6.78. The molecule has 1 aliphatic rings. The zero-order valence-corrected chi connectivity index (χ0v) is 25.9. The number of hydrogen-bond donors (Lipinski definition) is 3. The predicted octanol–water partition coefficient (Wildman–Crippen LogP) is 5.39. The summed E-state index contributed by atoms with van der Waals surface area (Å²) < 4.78 is 5.57. The molecule has 1 saturated carbocycles. The van der Waals surface area contributed by atoms with E-state index in [1.807, 2.05) is 19.1 Å². The van der Waals surface area contributed by atoms with Gasteiger partial charge in [0.2, 0.25) is 5.91 Å². The Labute approximate surface area is 251 Å². The van der Waals surface area contributed by atoms with Crippen LogP contribution in [0.1, 0.15) is 71.6 Å². The maximum atomic E-state index is 13.3. The number of hydrogen-bond acceptors (Lipinski definition) is 7. The average Bonchev–Trinajstić information content (AvgIpc) is 3.53. The number of aryl methyl sites for hydroxylation is 3. The van der Waals surface area contributed by atoms with Crippen molar-refractivity contribution in [3.8, 4) is 11.1 Å². The molecule has 1 amide bonds. The number of ether oxygens (including phenoxy) is 1. The fourth-order valence-corrected chi connectivity index (χ4v) is 7.53. The van der Waals surface area contributed by atoms with Crippen molar-refractivity contribution in [3.63, 3.8) is 0 Å². The van der Waals surface area contributed by atoms with Gasteiger partial charge in [0.05, 0.1) is 19.8 Å². The Morgan fingerprint density at radius 3 is 2.45 bits per heavy atom. The summed E-state index contributed by atoms with van der Waals surface area (Å²) in [5.41, 5.74) is 2.55. The molecule has 0 aliphatic heterocycles. The van der Waals surface area contributed by atoms with E-state index >= 15 is 0 Å². The first-order chi connectivity index (χ1) is 19.1. The summed E-state index contributed by atoms with van der Waals surface area (Å²) >= 11 is 14.6. The third-order valence-corrected chi connectivity index (χ3v) is 9.58. The van der Waals surface area contributed by atoms with Gasteiger partial charge in [-0.25, -0.2) is 4.79 Å². The molecule has 2 aromatic rings. The smallest absolute Gasteiger partial charge is 0.348 e. The average molecular weight is 615 g/mol. The predicted molar refractivity (Wildman–Crippen MR) is 160 cm³/mol. The first kappa shape index (κ1) is 32.8. The van der Waals surface area contributed by atoms with Crippen molar-refractivity contribution in [1.29, 1.82) is 0 Å². The summed E-state index contributed by atoms with van der Waals surface area (Å²) in [6, 6.07) is 5.94. The van der Waals surface area contributed by atoms with E-state index in [1.54, 1.807) is 0 Å². The number of alkyl halides is 1. The summed E-state index contributed by atoms with van der Waals surface area (Å²) in [6.45, 7) is 3.20. The standard InChI is InChI=1S/C30H41Cl2NO6S/c1-4-5-26-24(28-22(12-19(2)13-25(28)32)8-6-21-7-9-23(31)14-21)15-27(40-26)29(38)39-18-30(16-35,17-36)33(10-11-34)20(3)37/h12-13,15,21,23,34-36H,4-11,14,16-18H2,1-3H3. The van der Waals surface area contributed by atoms with Gasteiger partial charge in [-0.2, -0.15) is 0 Å². The van der Waals surface area contributed by atoms with Crippen LogP contribution in [0.15, 0.2) is 18.2 Å². The van der Waals surface area contributed by atoms with Gasteiger partial charge in [-0.3, -0.25) is 4.79 Å². The molecular formula is C30H41Cl2NO6S. The highest BCUT2D eigenvalue weighted by molar-refractivity contribution is 7.14. The second-order valence-corrected chi connectivity index (χ2v) is 13.0. The van der Waals surface area contributed by atoms with Gasteiger partial charge in [0.25, 0.3) is 0 Å². The van der Waals surface area contributed by atoms with Crippen molar-refractivity contribution in [2.75, 3.05) is 33.0 Å². The highest BCUT2D eigenvalue weighted by atomic mass is 35.5. The van der Waals surface area contributed by atoms with Crippen LogP contribution in [0.2, 0.25) is 5.02 Å². The normalized spacial score (nSPS) is 17.3. The van der Waals surface area contributed by atoms with Gasteiger partial charge in [-0.05, 0) is 80.2 Å². The molecule has 1 aromatic carbocycles. The molecule has 0 bridgehead atoms. The number of thiophene rings is 1. The van der Waals surface area contributed by atoms with E-state index in [0.29, 0.717) is 15.8 Å². The van der Waals surface area contributed by atoms with Crippen molar-refractivity contribution in [1.82, 2.24) is 4.90 Å². The van der Waals surface area contributed by atoms with Gasteiger partial charge in [0.15, 0.2) is 0 Å². The van der Waals surface area contributed by atoms with E-state index < -0.39 is 37.2 Å². The summed E-state index contributed by atoms with van der Waals surface area (Å²) in [5.74, 6) is -0.481. The number of halogens is 2. The maximum absolute atomic E-state index is 13.3. The number of nitrogens with zero attached hydrogens (tertiary/aromatic N) is 1. The molecule has 1 aromatic heterocycles. The van der Waals surface area contributed by atoms with Crippen LogP contribution >= 0.6 is 34.5 Å². The third-order valence-electron chi connectivity index (χ3n) is 7.71. The van der Waals surface area contributed by atoms with E-state index in [4.69, 9.17) is 27.9 Å². The molecule has 1 heterocycles. The van der Waals surface area contributed by atoms with E-state index in [0.717, 1.165) is 77.0 Å². The molecule has 0 saturated heterocycles. The zero-order chi connectivity index (χ0) is 29.4. The number of β-amino-alcohol motifs (C(OH)–C–C–N with tert-alkyl or cyclic N) is 1. The Balaban J connectivity index is 1.91. The maximum Gasteiger partial charge on any atom is 0.348 e. The van der Waals surface area contributed by atoms with Gasteiger partial charge < -0.3 is 25.0 Å². The summed E-state index contributed by atoms with van der Waals surface area (Å²) in [7, 11) is 0. The number of amides is 1. The second-order valence-electron chi connectivity index (χ2n) is 10.8. The van der Waals surface area contributed by atoms with Crippen LogP contribution in [0, 0.1) is 12.8 Å². The van der Waals surface area contributed by atoms with Crippen LogP contribution < -0.4 is 0 Å². The van der Waals surface area contributed by atoms with Crippen LogP contribution in [0.3, 0.4) is 0 Å². The third kappa shape index (κ3) is 7.78. The SMILES string of the molecule is CCCc1sc(C(=O)OCC(CO)(CO)N(CCO)C(C)=O)cc1-c1c(Cl)cc(C)cc1CCC1CCC(Cl)C1. The first-order valence-corrected chi connectivity index (χ1v) is 15.6. The van der Waals surface area contributed by atoms with Crippen molar-refractivity contribution in [2.24, 2.45) is 5.92 Å². The van der Waals surface area contributed by atoms with Gasteiger partial charge in [0.1, 0.15) is 17.0 Å². The number of carbonyl (C=O) groups excluding carboxylic acids is 2. The van der Waals surface area contributed by atoms with Crippen molar-refractivity contribution in [2.45, 2.75) is 76.6 Å². The van der Waals surface area contributed by atoms with E-state index in [1.165, 1.54) is 18.3 Å². The lowest BCUT2D eigenvalue weighted by molar-refractivity contribution is -0.144. The zero-order valence-electron chi connectivity index (χ0n) is 23.5. The summed E-state index contributed by atoms with van der Waals surface area (Å²) in [5, 5.41) is 30.4. The molecule has 3 rings (SSSR count). The molecule has 1 fully saturated rings. The monoisotopic (exact) mass is 613 g/mol. The van der Waals surface area contributed by atoms with Gasteiger partial charge in [-0.1, -0.05) is 31.0 Å². The molecule has 2 unspecified atom stereocenters. The Hall–Kier alpha value is -1.68. The van der Waals surface area contributed by atoms with E-state index in [9.17, 15) is 24.9 Å². The van der Waals surface area contributed by atoms with Crippen molar-refractivity contribution >= 4 is 46.4 Å². The quantitative estimate of drug-likeness (QED) is 0.195.